The van der Waals surface area contributed by atoms with E-state index in [9.17, 15) is 9.36 Å². The van der Waals surface area contributed by atoms with Crippen LogP contribution in [0.2, 0.25) is 0 Å². The molecule has 1 spiro atoms. The predicted octanol–water partition coefficient (Wildman–Crippen LogP) is 3.28. The van der Waals surface area contributed by atoms with Gasteiger partial charge in [0.15, 0.2) is 5.78 Å². The van der Waals surface area contributed by atoms with Crippen LogP contribution in [0.25, 0.3) is 0 Å². The summed E-state index contributed by atoms with van der Waals surface area (Å²) in [6.45, 7) is 4.08. The molecule has 0 aliphatic heterocycles. The van der Waals surface area contributed by atoms with Crippen LogP contribution in [0, 0.1) is 5.41 Å². The van der Waals surface area contributed by atoms with Crippen LogP contribution < -0.4 is 0 Å². The minimum atomic E-state index is -3.37. The highest BCUT2D eigenvalue weighted by atomic mass is 31.2. The van der Waals surface area contributed by atoms with Gasteiger partial charge >= 0.3 is 7.60 Å². The maximum atomic E-state index is 12.5. The highest BCUT2D eigenvalue weighted by molar-refractivity contribution is 7.60. The molecule has 0 radical (unpaired) electrons. The molecule has 2 aliphatic carbocycles. The monoisotopic (exact) mass is 258 g/mol. The van der Waals surface area contributed by atoms with Gasteiger partial charge < -0.3 is 9.05 Å². The van der Waals surface area contributed by atoms with Crippen LogP contribution in [0.4, 0.5) is 0 Å². The average molecular weight is 258 g/mol. The molecule has 0 aromatic rings. The quantitative estimate of drug-likeness (QED) is 0.710. The predicted molar refractivity (Wildman–Crippen MR) is 64.8 cm³/mol. The van der Waals surface area contributed by atoms with E-state index in [4.69, 9.17) is 9.05 Å². The van der Waals surface area contributed by atoms with E-state index in [1.807, 2.05) is 0 Å². The molecule has 96 valence electrons. The Morgan fingerprint density at radius 1 is 1.29 bits per heavy atom. The van der Waals surface area contributed by atoms with Crippen LogP contribution in [-0.2, 0) is 18.4 Å². The zero-order chi connectivity index (χ0) is 12.5. The Labute approximate surface area is 102 Å². The first-order valence-electron chi connectivity index (χ1n) is 6.22. The maximum Gasteiger partial charge on any atom is 0.364 e. The van der Waals surface area contributed by atoms with Crippen molar-refractivity contribution in [3.05, 3.63) is 11.4 Å². The SMILES string of the molecule is CCOP(=O)(OCC)C1=CCC2(CCC2)C1=O. The van der Waals surface area contributed by atoms with Gasteiger partial charge in [-0.25, -0.2) is 0 Å². The molecule has 0 heterocycles. The number of Topliss-reactive ketones (excluding diaryl/α,β-unsaturated/α-hetero) is 1. The highest BCUT2D eigenvalue weighted by Crippen LogP contribution is 2.63. The van der Waals surface area contributed by atoms with Crippen molar-refractivity contribution < 1.29 is 18.4 Å². The first-order chi connectivity index (χ1) is 8.08. The molecule has 4 nitrogen and oxygen atoms in total. The Morgan fingerprint density at radius 3 is 2.24 bits per heavy atom. The van der Waals surface area contributed by atoms with Gasteiger partial charge in [-0.05, 0) is 33.1 Å². The summed E-state index contributed by atoms with van der Waals surface area (Å²) >= 11 is 0. The summed E-state index contributed by atoms with van der Waals surface area (Å²) < 4.78 is 23.0. The van der Waals surface area contributed by atoms with Crippen LogP contribution in [0.15, 0.2) is 11.4 Å². The Balaban J connectivity index is 2.21. The minimum absolute atomic E-state index is 0.00557. The van der Waals surface area contributed by atoms with Gasteiger partial charge in [0.05, 0.1) is 13.2 Å². The van der Waals surface area contributed by atoms with Crippen molar-refractivity contribution in [2.75, 3.05) is 13.2 Å². The molecule has 0 amide bonds. The number of carbonyl (C=O) groups is 1. The number of ketones is 1. The Bertz CT molecular complexity index is 385. The fraction of sp³-hybridized carbons (Fsp3) is 0.750. The Hall–Kier alpha value is -0.440. The van der Waals surface area contributed by atoms with Crippen molar-refractivity contribution in [1.82, 2.24) is 0 Å². The molecule has 2 aliphatic rings. The molecule has 0 atom stereocenters. The van der Waals surface area contributed by atoms with Gasteiger partial charge in [0, 0.05) is 5.41 Å². The van der Waals surface area contributed by atoms with Crippen molar-refractivity contribution in [2.45, 2.75) is 39.5 Å². The Morgan fingerprint density at radius 2 is 1.88 bits per heavy atom. The molecule has 0 aromatic carbocycles. The summed E-state index contributed by atoms with van der Waals surface area (Å²) in [5, 5.41) is 0.293. The fourth-order valence-corrected chi connectivity index (χ4v) is 4.37. The first-order valence-corrected chi connectivity index (χ1v) is 7.77. The summed E-state index contributed by atoms with van der Waals surface area (Å²) in [6.07, 6.45) is 5.37. The second-order valence-corrected chi connectivity index (χ2v) is 6.58. The third kappa shape index (κ3) is 2.03. The summed E-state index contributed by atoms with van der Waals surface area (Å²) in [6, 6.07) is 0. The van der Waals surface area contributed by atoms with Crippen molar-refractivity contribution in [2.24, 2.45) is 5.41 Å². The lowest BCUT2D eigenvalue weighted by molar-refractivity contribution is -0.127. The number of carbonyl (C=O) groups excluding carboxylic acids is 1. The smallest absolute Gasteiger partial charge is 0.305 e. The molecule has 5 heteroatoms. The van der Waals surface area contributed by atoms with Gasteiger partial charge in [-0.2, -0.15) is 0 Å². The Kier molecular flexibility index (Phi) is 3.58. The minimum Gasteiger partial charge on any atom is -0.305 e. The van der Waals surface area contributed by atoms with Gasteiger partial charge in [0.1, 0.15) is 5.31 Å². The van der Waals surface area contributed by atoms with E-state index in [1.165, 1.54) is 0 Å². The lowest BCUT2D eigenvalue weighted by Crippen LogP contribution is -2.35. The van der Waals surface area contributed by atoms with Crippen molar-refractivity contribution in [1.29, 1.82) is 0 Å². The van der Waals surface area contributed by atoms with Crippen LogP contribution in [0.3, 0.4) is 0 Å². The summed E-state index contributed by atoms with van der Waals surface area (Å²) in [7, 11) is -3.37. The van der Waals surface area contributed by atoms with E-state index in [-0.39, 0.29) is 24.4 Å². The number of hydrogen-bond acceptors (Lipinski definition) is 4. The van der Waals surface area contributed by atoms with Crippen molar-refractivity contribution in [3.63, 3.8) is 0 Å². The van der Waals surface area contributed by atoms with Crippen LogP contribution in [-0.4, -0.2) is 19.0 Å². The first kappa shape index (κ1) is 13.0. The zero-order valence-electron chi connectivity index (χ0n) is 10.4. The summed E-state index contributed by atoms with van der Waals surface area (Å²) in [4.78, 5) is 12.3. The standard InChI is InChI=1S/C12H19O4P/c1-3-15-17(14,16-4-2)10-6-9-12(11(10)13)7-5-8-12/h6H,3-5,7-9H2,1-2H3. The normalized spacial score (nSPS) is 22.7. The average Bonchev–Trinajstić information content (AvgIpc) is 2.56. The van der Waals surface area contributed by atoms with Gasteiger partial charge in [0.2, 0.25) is 0 Å². The number of allylic oxidation sites excluding steroid dienone is 2. The van der Waals surface area contributed by atoms with Gasteiger partial charge in [-0.15, -0.1) is 0 Å². The fourth-order valence-electron chi connectivity index (χ4n) is 2.54. The molecular formula is C12H19O4P. The van der Waals surface area contributed by atoms with E-state index in [1.54, 1.807) is 19.9 Å². The van der Waals surface area contributed by atoms with Crippen LogP contribution >= 0.6 is 7.60 Å². The van der Waals surface area contributed by atoms with Crippen molar-refractivity contribution in [3.8, 4) is 0 Å². The number of hydrogen-bond donors (Lipinski definition) is 0. The molecule has 0 bridgehead atoms. The molecule has 0 saturated heterocycles. The molecule has 1 saturated carbocycles. The maximum absolute atomic E-state index is 12.5. The molecule has 0 N–H and O–H groups in total. The third-order valence-corrected chi connectivity index (χ3v) is 5.78. The van der Waals surface area contributed by atoms with Gasteiger partial charge in [-0.3, -0.25) is 9.36 Å². The number of rotatable bonds is 5. The van der Waals surface area contributed by atoms with Crippen LogP contribution in [0.5, 0.6) is 0 Å². The largest absolute Gasteiger partial charge is 0.364 e. The van der Waals surface area contributed by atoms with Gasteiger partial charge in [0.25, 0.3) is 0 Å². The summed E-state index contributed by atoms with van der Waals surface area (Å²) in [5.74, 6) is -0.00557. The summed E-state index contributed by atoms with van der Waals surface area (Å²) in [5.41, 5.74) is -0.265. The molecule has 17 heavy (non-hydrogen) atoms. The zero-order valence-corrected chi connectivity index (χ0v) is 11.3. The third-order valence-electron chi connectivity index (χ3n) is 3.60. The van der Waals surface area contributed by atoms with E-state index in [0.717, 1.165) is 19.3 Å². The molecule has 1 fully saturated rings. The van der Waals surface area contributed by atoms with Crippen LogP contribution in [0.1, 0.15) is 39.5 Å². The topological polar surface area (TPSA) is 52.6 Å². The molecular weight excluding hydrogens is 239 g/mol. The van der Waals surface area contributed by atoms with E-state index >= 15 is 0 Å². The molecule has 2 rings (SSSR count). The second-order valence-electron chi connectivity index (χ2n) is 4.59. The van der Waals surface area contributed by atoms with E-state index < -0.39 is 7.60 Å². The lowest BCUT2D eigenvalue weighted by atomic mass is 9.66. The molecule has 0 unspecified atom stereocenters. The molecule has 0 aromatic heterocycles. The highest BCUT2D eigenvalue weighted by Gasteiger charge is 2.52. The second kappa shape index (κ2) is 4.68. The van der Waals surface area contributed by atoms with E-state index in [0.29, 0.717) is 11.7 Å². The lowest BCUT2D eigenvalue weighted by Gasteiger charge is -2.37. The van der Waals surface area contributed by atoms with Crippen molar-refractivity contribution >= 4 is 13.4 Å². The van der Waals surface area contributed by atoms with E-state index in [2.05, 4.69) is 0 Å². The van der Waals surface area contributed by atoms with Gasteiger partial charge in [-0.1, -0.05) is 12.5 Å².